The first-order valence-corrected chi connectivity index (χ1v) is 8.12. The molecule has 0 heterocycles. The molecule has 0 atom stereocenters. The lowest BCUT2D eigenvalue weighted by atomic mass is 10.2. The van der Waals surface area contributed by atoms with Crippen molar-refractivity contribution in [3.63, 3.8) is 0 Å². The summed E-state index contributed by atoms with van der Waals surface area (Å²) in [6, 6.07) is 9.43. The fourth-order valence-corrected chi connectivity index (χ4v) is 3.09. The molecule has 0 bridgehead atoms. The highest BCUT2D eigenvalue weighted by Gasteiger charge is 2.17. The maximum absolute atomic E-state index is 12.0. The smallest absolute Gasteiger partial charge is 0.242 e. The molecule has 8 heteroatoms. The maximum atomic E-state index is 12.0. The number of sulfonamides is 1. The molecule has 0 amide bonds. The van der Waals surface area contributed by atoms with E-state index in [9.17, 15) is 8.42 Å². The number of nitrogen functional groups attached to an aromatic ring is 1. The Morgan fingerprint density at radius 2 is 1.71 bits per heavy atom. The first kappa shape index (κ1) is 15.9. The Balaban J connectivity index is 2.50. The lowest BCUT2D eigenvalue weighted by Gasteiger charge is -2.14. The Kier molecular flexibility index (Phi) is 4.63. The quantitative estimate of drug-likeness (QED) is 0.742. The van der Waals surface area contributed by atoms with E-state index in [4.69, 9.17) is 28.9 Å². The van der Waals surface area contributed by atoms with Crippen molar-refractivity contribution in [2.75, 3.05) is 18.1 Å². The van der Waals surface area contributed by atoms with Crippen molar-refractivity contribution in [3.05, 3.63) is 46.4 Å². The molecule has 0 saturated carbocycles. The third kappa shape index (κ3) is 3.59. The van der Waals surface area contributed by atoms with E-state index in [-0.39, 0.29) is 4.90 Å². The molecule has 0 aliphatic carbocycles. The minimum Gasteiger partial charge on any atom is -0.399 e. The SMILES string of the molecule is CNS(=O)(=O)c1cc(N)ccc1Nc1ccc(Cl)cc1Cl. The van der Waals surface area contributed by atoms with E-state index in [0.29, 0.717) is 27.1 Å². The van der Waals surface area contributed by atoms with E-state index in [1.807, 2.05) is 0 Å². The van der Waals surface area contributed by atoms with Crippen LogP contribution in [0.15, 0.2) is 41.3 Å². The average Bonchev–Trinajstić information content (AvgIpc) is 2.43. The Morgan fingerprint density at radius 1 is 1.05 bits per heavy atom. The van der Waals surface area contributed by atoms with Crippen LogP contribution in [0.4, 0.5) is 17.1 Å². The molecule has 0 aliphatic heterocycles. The topological polar surface area (TPSA) is 84.2 Å². The molecule has 0 aliphatic rings. The zero-order valence-corrected chi connectivity index (χ0v) is 13.4. The number of nitrogens with two attached hydrogens (primary N) is 1. The second-order valence-corrected chi connectivity index (χ2v) is 6.91. The first-order valence-electron chi connectivity index (χ1n) is 5.88. The van der Waals surface area contributed by atoms with Crippen LogP contribution in [-0.4, -0.2) is 15.5 Å². The predicted octanol–water partition coefficient (Wildman–Crippen LogP) is 3.23. The number of hydrogen-bond acceptors (Lipinski definition) is 4. The van der Waals surface area contributed by atoms with Crippen LogP contribution in [-0.2, 0) is 10.0 Å². The van der Waals surface area contributed by atoms with E-state index in [1.165, 1.54) is 13.1 Å². The second kappa shape index (κ2) is 6.11. The van der Waals surface area contributed by atoms with E-state index in [2.05, 4.69) is 10.0 Å². The molecule has 2 aromatic carbocycles. The average molecular weight is 346 g/mol. The van der Waals surface area contributed by atoms with E-state index in [1.54, 1.807) is 30.3 Å². The van der Waals surface area contributed by atoms with Crippen LogP contribution in [0.5, 0.6) is 0 Å². The Bertz CT molecular complexity index is 779. The number of rotatable bonds is 4. The van der Waals surface area contributed by atoms with Crippen molar-refractivity contribution < 1.29 is 8.42 Å². The highest BCUT2D eigenvalue weighted by atomic mass is 35.5. The molecule has 0 aromatic heterocycles. The minimum atomic E-state index is -3.65. The second-order valence-electron chi connectivity index (χ2n) is 4.21. The molecular weight excluding hydrogens is 333 g/mol. The van der Waals surface area contributed by atoms with Crippen LogP contribution >= 0.6 is 23.2 Å². The van der Waals surface area contributed by atoms with Gasteiger partial charge in [0.2, 0.25) is 10.0 Å². The van der Waals surface area contributed by atoms with Crippen LogP contribution in [0, 0.1) is 0 Å². The van der Waals surface area contributed by atoms with Gasteiger partial charge in [0.15, 0.2) is 0 Å². The molecule has 21 heavy (non-hydrogen) atoms. The van der Waals surface area contributed by atoms with Gasteiger partial charge < -0.3 is 11.1 Å². The van der Waals surface area contributed by atoms with Crippen LogP contribution in [0.2, 0.25) is 10.0 Å². The van der Waals surface area contributed by atoms with E-state index >= 15 is 0 Å². The van der Waals surface area contributed by atoms with Crippen molar-refractivity contribution in [1.82, 2.24) is 4.72 Å². The predicted molar refractivity (Wildman–Crippen MR) is 86.8 cm³/mol. The number of hydrogen-bond donors (Lipinski definition) is 3. The molecule has 0 unspecified atom stereocenters. The maximum Gasteiger partial charge on any atom is 0.242 e. The van der Waals surface area contributed by atoms with Crippen LogP contribution in [0.3, 0.4) is 0 Å². The molecule has 5 nitrogen and oxygen atoms in total. The standard InChI is InChI=1S/C13H13Cl2N3O2S/c1-17-21(19,20)13-7-9(16)3-5-12(13)18-11-4-2-8(14)6-10(11)15/h2-7,17-18H,16H2,1H3. The summed E-state index contributed by atoms with van der Waals surface area (Å²) in [6.45, 7) is 0. The number of anilines is 3. The van der Waals surface area contributed by atoms with Gasteiger partial charge in [0, 0.05) is 10.7 Å². The molecule has 0 fully saturated rings. The molecular formula is C13H13Cl2N3O2S. The summed E-state index contributed by atoms with van der Waals surface area (Å²) in [5.74, 6) is 0. The van der Waals surface area contributed by atoms with Crippen molar-refractivity contribution in [2.45, 2.75) is 4.90 Å². The van der Waals surface area contributed by atoms with Crippen LogP contribution in [0.1, 0.15) is 0 Å². The number of nitrogens with one attached hydrogen (secondary N) is 2. The normalized spacial score (nSPS) is 11.4. The molecule has 2 rings (SSSR count). The van der Waals surface area contributed by atoms with Gasteiger partial charge in [-0.05, 0) is 43.4 Å². The van der Waals surface area contributed by atoms with Crippen molar-refractivity contribution in [1.29, 1.82) is 0 Å². The van der Waals surface area contributed by atoms with Crippen molar-refractivity contribution in [2.24, 2.45) is 0 Å². The van der Waals surface area contributed by atoms with E-state index in [0.717, 1.165) is 0 Å². The fourth-order valence-electron chi connectivity index (χ4n) is 1.71. The van der Waals surface area contributed by atoms with E-state index < -0.39 is 10.0 Å². The van der Waals surface area contributed by atoms with Gasteiger partial charge in [0.05, 0.1) is 16.4 Å². The largest absolute Gasteiger partial charge is 0.399 e. The highest BCUT2D eigenvalue weighted by molar-refractivity contribution is 7.89. The van der Waals surface area contributed by atoms with Gasteiger partial charge >= 0.3 is 0 Å². The van der Waals surface area contributed by atoms with Gasteiger partial charge in [0.1, 0.15) is 4.90 Å². The summed E-state index contributed by atoms with van der Waals surface area (Å²) < 4.78 is 26.3. The molecule has 2 aromatic rings. The first-order chi connectivity index (χ1) is 9.83. The number of benzene rings is 2. The van der Waals surface area contributed by atoms with Crippen molar-refractivity contribution in [3.8, 4) is 0 Å². The zero-order chi connectivity index (χ0) is 15.6. The summed E-state index contributed by atoms with van der Waals surface area (Å²) >= 11 is 11.9. The number of halogens is 2. The summed E-state index contributed by atoms with van der Waals surface area (Å²) in [7, 11) is -2.32. The molecule has 0 saturated heterocycles. The lowest BCUT2D eigenvalue weighted by Crippen LogP contribution is -2.20. The Morgan fingerprint density at radius 3 is 2.33 bits per heavy atom. The van der Waals surface area contributed by atoms with Gasteiger partial charge in [-0.1, -0.05) is 23.2 Å². The minimum absolute atomic E-state index is 0.0380. The van der Waals surface area contributed by atoms with Crippen LogP contribution < -0.4 is 15.8 Å². The van der Waals surface area contributed by atoms with Crippen LogP contribution in [0.25, 0.3) is 0 Å². The highest BCUT2D eigenvalue weighted by Crippen LogP contribution is 2.31. The van der Waals surface area contributed by atoms with Gasteiger partial charge in [-0.15, -0.1) is 0 Å². The molecule has 0 spiro atoms. The summed E-state index contributed by atoms with van der Waals surface area (Å²) in [5.41, 5.74) is 6.91. The van der Waals surface area contributed by atoms with Gasteiger partial charge in [0.25, 0.3) is 0 Å². The Labute approximate surface area is 133 Å². The molecule has 0 radical (unpaired) electrons. The van der Waals surface area contributed by atoms with Gasteiger partial charge in [-0.3, -0.25) is 0 Å². The molecule has 112 valence electrons. The van der Waals surface area contributed by atoms with Gasteiger partial charge in [-0.2, -0.15) is 0 Å². The summed E-state index contributed by atoms with van der Waals surface area (Å²) in [4.78, 5) is 0.0380. The third-order valence-electron chi connectivity index (χ3n) is 2.76. The lowest BCUT2D eigenvalue weighted by molar-refractivity contribution is 0.588. The summed E-state index contributed by atoms with van der Waals surface area (Å²) in [6.07, 6.45) is 0. The zero-order valence-electron chi connectivity index (χ0n) is 11.0. The monoisotopic (exact) mass is 345 g/mol. The summed E-state index contributed by atoms with van der Waals surface area (Å²) in [5, 5.41) is 3.84. The third-order valence-corrected chi connectivity index (χ3v) is 4.77. The Hall–Kier alpha value is -1.47. The molecule has 4 N–H and O–H groups in total. The van der Waals surface area contributed by atoms with Crippen molar-refractivity contribution >= 4 is 50.3 Å². The van der Waals surface area contributed by atoms with Gasteiger partial charge in [-0.25, -0.2) is 13.1 Å². The fraction of sp³-hybridized carbons (Fsp3) is 0.0769.